The Morgan fingerprint density at radius 1 is 1.28 bits per heavy atom. The highest BCUT2D eigenvalue weighted by atomic mass is 32.2. The lowest BCUT2D eigenvalue weighted by molar-refractivity contribution is 0.599. The maximum absolute atomic E-state index is 11.8. The predicted molar refractivity (Wildman–Crippen MR) is 60.3 cm³/mol. The van der Waals surface area contributed by atoms with Crippen molar-refractivity contribution in [1.29, 1.82) is 5.26 Å². The summed E-state index contributed by atoms with van der Waals surface area (Å²) >= 11 is 0. The highest BCUT2D eigenvalue weighted by Gasteiger charge is 2.29. The monoisotopic (exact) mass is 259 g/mol. The average molecular weight is 259 g/mol. The molecule has 0 fully saturated rings. The van der Waals surface area contributed by atoms with Crippen molar-refractivity contribution in [1.82, 2.24) is 14.8 Å². The van der Waals surface area contributed by atoms with E-state index in [9.17, 15) is 8.42 Å². The molecule has 1 aliphatic rings. The van der Waals surface area contributed by atoms with Gasteiger partial charge in [0.15, 0.2) is 5.84 Å². The summed E-state index contributed by atoms with van der Waals surface area (Å²) in [5.74, 6) is 0.110. The largest absolute Gasteiger partial charge is 0.285 e. The van der Waals surface area contributed by atoms with E-state index in [0.29, 0.717) is 5.56 Å². The zero-order valence-electron chi connectivity index (χ0n) is 8.85. The molecule has 1 aromatic heterocycles. The van der Waals surface area contributed by atoms with E-state index in [0.717, 1.165) is 0 Å². The Balaban J connectivity index is 2.24. The van der Waals surface area contributed by atoms with Crippen molar-refractivity contribution in [2.45, 2.75) is 4.90 Å². The van der Waals surface area contributed by atoms with Crippen LogP contribution >= 0.6 is 0 Å². The third-order valence-corrected chi connectivity index (χ3v) is 3.75. The van der Waals surface area contributed by atoms with Crippen molar-refractivity contribution in [2.75, 3.05) is 0 Å². The van der Waals surface area contributed by atoms with Crippen molar-refractivity contribution < 1.29 is 8.42 Å². The lowest BCUT2D eigenvalue weighted by Gasteiger charge is -1.99. The van der Waals surface area contributed by atoms with E-state index in [1.54, 1.807) is 24.3 Å². The highest BCUT2D eigenvalue weighted by Crippen LogP contribution is 2.26. The number of aromatic nitrogens is 3. The van der Waals surface area contributed by atoms with Crippen LogP contribution in [0.5, 0.6) is 0 Å². The molecule has 7 nitrogen and oxygen atoms in total. The summed E-state index contributed by atoms with van der Waals surface area (Å²) < 4.78 is 28.4. The lowest BCUT2D eigenvalue weighted by atomic mass is 10.2. The molecule has 0 saturated carbocycles. The molecule has 0 aliphatic carbocycles. The van der Waals surface area contributed by atoms with Gasteiger partial charge in [0, 0.05) is 5.56 Å². The summed E-state index contributed by atoms with van der Waals surface area (Å²) in [6, 6.07) is 8.20. The van der Waals surface area contributed by atoms with Crippen LogP contribution < -0.4 is 0 Å². The number of benzene rings is 1. The van der Waals surface area contributed by atoms with E-state index in [-0.39, 0.29) is 16.6 Å². The van der Waals surface area contributed by atoms with Crippen LogP contribution in [0, 0.1) is 11.3 Å². The number of hydrogen-bond acceptors (Lipinski definition) is 5. The SMILES string of the molecule is N#Cc1ncn(C2=NS(=O)(=O)c3ccccc32)n1. The first-order valence-corrected chi connectivity index (χ1v) is 6.32. The van der Waals surface area contributed by atoms with Gasteiger partial charge < -0.3 is 0 Å². The van der Waals surface area contributed by atoms with Gasteiger partial charge in [-0.3, -0.25) is 0 Å². The number of fused-ring (bicyclic) bond motifs is 1. The van der Waals surface area contributed by atoms with E-state index < -0.39 is 10.0 Å². The van der Waals surface area contributed by atoms with E-state index in [4.69, 9.17) is 5.26 Å². The summed E-state index contributed by atoms with van der Waals surface area (Å²) in [6.07, 6.45) is 1.26. The standard InChI is InChI=1S/C10H5N5O2S/c11-5-9-12-6-15(13-9)10-7-3-1-2-4-8(7)18(16,17)14-10/h1-4,6H. The minimum atomic E-state index is -3.68. The second-order valence-electron chi connectivity index (χ2n) is 3.51. The van der Waals surface area contributed by atoms with Crippen LogP contribution in [0.1, 0.15) is 11.4 Å². The van der Waals surface area contributed by atoms with E-state index >= 15 is 0 Å². The van der Waals surface area contributed by atoms with Gasteiger partial charge >= 0.3 is 0 Å². The fourth-order valence-corrected chi connectivity index (χ4v) is 2.87. The van der Waals surface area contributed by atoms with Crippen LogP contribution in [0.15, 0.2) is 39.9 Å². The number of nitrogens with zero attached hydrogens (tertiary/aromatic N) is 5. The van der Waals surface area contributed by atoms with Crippen molar-refractivity contribution in [2.24, 2.45) is 4.40 Å². The molecule has 1 aromatic carbocycles. The number of rotatable bonds is 0. The van der Waals surface area contributed by atoms with Crippen molar-refractivity contribution >= 4 is 15.9 Å². The molecule has 0 bridgehead atoms. The number of hydrogen-bond donors (Lipinski definition) is 0. The number of sulfonamides is 1. The summed E-state index contributed by atoms with van der Waals surface area (Å²) in [5.41, 5.74) is 0.451. The second kappa shape index (κ2) is 3.48. The first kappa shape index (κ1) is 10.6. The maximum Gasteiger partial charge on any atom is 0.285 e. The van der Waals surface area contributed by atoms with Gasteiger partial charge in [-0.05, 0) is 12.1 Å². The summed E-state index contributed by atoms with van der Waals surface area (Å²) in [7, 11) is -3.68. The first-order valence-electron chi connectivity index (χ1n) is 4.88. The van der Waals surface area contributed by atoms with Gasteiger partial charge in [-0.15, -0.1) is 9.50 Å². The average Bonchev–Trinajstić information content (AvgIpc) is 2.93. The van der Waals surface area contributed by atoms with Gasteiger partial charge in [0.25, 0.3) is 15.8 Å². The Bertz CT molecular complexity index is 813. The molecule has 0 amide bonds. The Morgan fingerprint density at radius 2 is 2.06 bits per heavy atom. The van der Waals surface area contributed by atoms with Crippen LogP contribution in [0.2, 0.25) is 0 Å². The van der Waals surface area contributed by atoms with E-state index in [1.165, 1.54) is 17.1 Å². The third-order valence-electron chi connectivity index (χ3n) is 2.42. The van der Waals surface area contributed by atoms with Gasteiger partial charge in [-0.1, -0.05) is 12.1 Å². The van der Waals surface area contributed by atoms with Crippen LogP contribution in [0.4, 0.5) is 0 Å². The Kier molecular flexibility index (Phi) is 2.05. The fourth-order valence-electron chi connectivity index (χ4n) is 1.67. The molecule has 0 spiro atoms. The molecule has 2 aromatic rings. The maximum atomic E-state index is 11.8. The lowest BCUT2D eigenvalue weighted by Crippen LogP contribution is -2.12. The van der Waals surface area contributed by atoms with Gasteiger partial charge in [0.2, 0.25) is 0 Å². The minimum Gasteiger partial charge on any atom is -0.206 e. The molecule has 3 rings (SSSR count). The van der Waals surface area contributed by atoms with E-state index in [2.05, 4.69) is 14.5 Å². The van der Waals surface area contributed by atoms with Crippen LogP contribution in [-0.4, -0.2) is 29.0 Å². The first-order chi connectivity index (χ1) is 8.62. The van der Waals surface area contributed by atoms with Crippen molar-refractivity contribution in [3.05, 3.63) is 42.0 Å². The molecule has 1 aliphatic heterocycles. The molecule has 0 unspecified atom stereocenters. The Morgan fingerprint density at radius 3 is 2.78 bits per heavy atom. The topological polar surface area (TPSA) is 101 Å². The third kappa shape index (κ3) is 1.42. The highest BCUT2D eigenvalue weighted by molar-refractivity contribution is 7.90. The van der Waals surface area contributed by atoms with Crippen LogP contribution in [-0.2, 0) is 10.0 Å². The van der Waals surface area contributed by atoms with Gasteiger partial charge in [0.1, 0.15) is 17.3 Å². The summed E-state index contributed by atoms with van der Waals surface area (Å²) in [4.78, 5) is 3.85. The molecule has 0 N–H and O–H groups in total. The molecule has 8 heteroatoms. The summed E-state index contributed by atoms with van der Waals surface area (Å²) in [6.45, 7) is 0. The molecular weight excluding hydrogens is 254 g/mol. The zero-order chi connectivity index (χ0) is 12.8. The van der Waals surface area contributed by atoms with Crippen LogP contribution in [0.3, 0.4) is 0 Å². The Hall–Kier alpha value is -2.53. The molecular formula is C10H5N5O2S. The molecule has 2 heterocycles. The second-order valence-corrected chi connectivity index (χ2v) is 5.08. The quantitative estimate of drug-likeness (QED) is 0.670. The Labute approximate surface area is 102 Å². The molecule has 0 saturated heterocycles. The summed E-state index contributed by atoms with van der Waals surface area (Å²) in [5, 5.41) is 12.5. The fraction of sp³-hybridized carbons (Fsp3) is 0. The smallest absolute Gasteiger partial charge is 0.206 e. The van der Waals surface area contributed by atoms with Gasteiger partial charge in [-0.25, -0.2) is 4.98 Å². The van der Waals surface area contributed by atoms with Gasteiger partial charge in [0.05, 0.1) is 0 Å². The molecule has 0 atom stereocenters. The normalized spacial score (nSPS) is 15.8. The molecule has 18 heavy (non-hydrogen) atoms. The van der Waals surface area contributed by atoms with Crippen molar-refractivity contribution in [3.63, 3.8) is 0 Å². The van der Waals surface area contributed by atoms with Crippen molar-refractivity contribution in [3.8, 4) is 6.07 Å². The van der Waals surface area contributed by atoms with Gasteiger partial charge in [-0.2, -0.15) is 18.4 Å². The zero-order valence-corrected chi connectivity index (χ0v) is 9.66. The predicted octanol–water partition coefficient (Wildman–Crippen LogP) is 0.147. The number of nitriles is 1. The molecule has 0 radical (unpaired) electrons. The minimum absolute atomic E-state index is 0.0421. The van der Waals surface area contributed by atoms with E-state index in [1.807, 2.05) is 0 Å². The van der Waals surface area contributed by atoms with Crippen LogP contribution in [0.25, 0.3) is 0 Å². The molecule has 88 valence electrons.